The summed E-state index contributed by atoms with van der Waals surface area (Å²) in [6.45, 7) is 0. The molecule has 6 heteroatoms. The molecule has 3 nitrogen and oxygen atoms in total. The molecule has 0 aliphatic carbocycles. The summed E-state index contributed by atoms with van der Waals surface area (Å²) in [5.74, 6) is -0.292. The predicted molar refractivity (Wildman–Crippen MR) is 72.7 cm³/mol. The number of rotatable bonds is 2. The Morgan fingerprint density at radius 3 is 2.86 bits per heavy atom. The molecule has 1 saturated heterocycles. The van der Waals surface area contributed by atoms with E-state index in [1.807, 2.05) is 17.0 Å². The third-order valence-electron chi connectivity index (χ3n) is 4.01. The molecule has 2 unspecified atom stereocenters. The van der Waals surface area contributed by atoms with E-state index in [-0.39, 0.29) is 17.4 Å². The van der Waals surface area contributed by atoms with E-state index in [1.54, 1.807) is 12.3 Å². The van der Waals surface area contributed by atoms with Crippen molar-refractivity contribution in [1.29, 1.82) is 5.26 Å². The zero-order valence-corrected chi connectivity index (χ0v) is 11.6. The van der Waals surface area contributed by atoms with Gasteiger partial charge in [0.1, 0.15) is 5.75 Å². The van der Waals surface area contributed by atoms with Crippen LogP contribution in [0.5, 0.6) is 5.75 Å². The first-order valence-electron chi connectivity index (χ1n) is 6.96. The summed E-state index contributed by atoms with van der Waals surface area (Å²) in [7, 11) is 0. The monoisotopic (exact) mass is 306 g/mol. The smallest absolute Gasteiger partial charge is 0.405 e. The first-order valence-corrected chi connectivity index (χ1v) is 6.96. The van der Waals surface area contributed by atoms with Gasteiger partial charge < -0.3 is 9.64 Å². The second-order valence-electron chi connectivity index (χ2n) is 5.34. The fourth-order valence-electron chi connectivity index (χ4n) is 3.09. The fraction of sp³-hybridized carbons (Fsp3) is 0.375. The van der Waals surface area contributed by atoms with Gasteiger partial charge >= 0.3 is 6.36 Å². The van der Waals surface area contributed by atoms with Gasteiger partial charge in [-0.15, -0.1) is 18.9 Å². The molecule has 1 aromatic carbocycles. The number of benzene rings is 1. The summed E-state index contributed by atoms with van der Waals surface area (Å²) in [4.78, 5) is 2.03. The number of nitriles is 1. The highest BCUT2D eigenvalue weighted by Gasteiger charge is 2.37. The minimum atomic E-state index is -4.78. The number of alkyl halides is 3. The molecule has 1 fully saturated rings. The van der Waals surface area contributed by atoms with Crippen molar-refractivity contribution in [3.8, 4) is 11.8 Å². The van der Waals surface area contributed by atoms with E-state index in [2.05, 4.69) is 10.5 Å². The minimum Gasteiger partial charge on any atom is -0.405 e. The van der Waals surface area contributed by atoms with E-state index in [4.69, 9.17) is 5.26 Å². The normalized spacial score (nSPS) is 23.3. The molecule has 0 saturated carbocycles. The summed E-state index contributed by atoms with van der Waals surface area (Å²) in [6.07, 6.45) is 1.45. The van der Waals surface area contributed by atoms with E-state index >= 15 is 0 Å². The molecule has 0 aromatic heterocycles. The third kappa shape index (κ3) is 2.81. The van der Waals surface area contributed by atoms with Crippen LogP contribution in [0.1, 0.15) is 36.4 Å². The predicted octanol–water partition coefficient (Wildman–Crippen LogP) is 4.03. The molecule has 1 aromatic rings. The quantitative estimate of drug-likeness (QED) is 0.774. The van der Waals surface area contributed by atoms with Gasteiger partial charge in [0.15, 0.2) is 0 Å². The van der Waals surface area contributed by atoms with Crippen molar-refractivity contribution in [3.05, 3.63) is 47.3 Å². The van der Waals surface area contributed by atoms with Gasteiger partial charge in [-0.1, -0.05) is 6.07 Å². The maximum Gasteiger partial charge on any atom is 0.573 e. The van der Waals surface area contributed by atoms with E-state index in [9.17, 15) is 13.2 Å². The lowest BCUT2D eigenvalue weighted by Gasteiger charge is -2.30. The Bertz CT molecular complexity index is 684. The molecule has 0 bridgehead atoms. The topological polar surface area (TPSA) is 36.3 Å². The molecule has 0 spiro atoms. The molecule has 0 amide bonds. The summed E-state index contributed by atoms with van der Waals surface area (Å²) < 4.78 is 42.0. The van der Waals surface area contributed by atoms with Gasteiger partial charge in [0.25, 0.3) is 0 Å². The van der Waals surface area contributed by atoms with Crippen molar-refractivity contribution in [2.45, 2.75) is 37.7 Å². The fourth-order valence-corrected chi connectivity index (χ4v) is 3.09. The van der Waals surface area contributed by atoms with Crippen molar-refractivity contribution >= 4 is 0 Å². The van der Waals surface area contributed by atoms with Crippen LogP contribution in [0.25, 0.3) is 0 Å². The van der Waals surface area contributed by atoms with Gasteiger partial charge in [-0.05, 0) is 37.5 Å². The molecule has 2 atom stereocenters. The highest BCUT2D eigenvalue weighted by Crippen LogP contribution is 2.43. The van der Waals surface area contributed by atoms with Gasteiger partial charge in [-0.2, -0.15) is 5.26 Å². The molecular formula is C16H13F3N2O. The molecule has 2 aliphatic heterocycles. The highest BCUT2D eigenvalue weighted by molar-refractivity contribution is 5.45. The second-order valence-corrected chi connectivity index (χ2v) is 5.34. The molecular weight excluding hydrogens is 293 g/mol. The number of hydrogen-bond donors (Lipinski definition) is 0. The maximum atomic E-state index is 12.6. The number of halogens is 3. The molecule has 22 heavy (non-hydrogen) atoms. The molecule has 2 heterocycles. The van der Waals surface area contributed by atoms with Crippen LogP contribution in [0, 0.1) is 11.3 Å². The summed E-state index contributed by atoms with van der Waals surface area (Å²) in [6, 6.07) is 6.18. The molecule has 0 radical (unpaired) electrons. The highest BCUT2D eigenvalue weighted by atomic mass is 19.4. The second kappa shape index (κ2) is 5.43. The van der Waals surface area contributed by atoms with Crippen molar-refractivity contribution < 1.29 is 17.9 Å². The number of ether oxygens (including phenoxy) is 1. The van der Waals surface area contributed by atoms with Gasteiger partial charge in [0, 0.05) is 17.8 Å². The third-order valence-corrected chi connectivity index (χ3v) is 4.01. The van der Waals surface area contributed by atoms with Gasteiger partial charge in [0.05, 0.1) is 17.7 Å². The zero-order chi connectivity index (χ0) is 15.7. The molecule has 114 valence electrons. The average molecular weight is 306 g/mol. The van der Waals surface area contributed by atoms with Crippen molar-refractivity contribution in [1.82, 2.24) is 4.90 Å². The van der Waals surface area contributed by atoms with Crippen LogP contribution in [0.15, 0.2) is 36.2 Å². The number of hydrogen-bond acceptors (Lipinski definition) is 3. The minimum absolute atomic E-state index is 0.145. The van der Waals surface area contributed by atoms with Gasteiger partial charge in [-0.3, -0.25) is 0 Å². The lowest BCUT2D eigenvalue weighted by molar-refractivity contribution is -0.275. The Balaban J connectivity index is 1.99. The van der Waals surface area contributed by atoms with Crippen LogP contribution in [-0.2, 0) is 0 Å². The van der Waals surface area contributed by atoms with E-state index in [0.29, 0.717) is 11.6 Å². The first-order chi connectivity index (χ1) is 10.5. The largest absolute Gasteiger partial charge is 0.573 e. The lowest BCUT2D eigenvalue weighted by Crippen LogP contribution is -2.28. The van der Waals surface area contributed by atoms with Crippen LogP contribution in [-0.4, -0.2) is 17.3 Å². The van der Waals surface area contributed by atoms with E-state index in [0.717, 1.165) is 25.3 Å². The number of nitrogens with zero attached hydrogens (tertiary/aromatic N) is 2. The zero-order valence-electron chi connectivity index (χ0n) is 11.6. The Labute approximate surface area is 125 Å². The molecule has 0 N–H and O–H groups in total. The molecule has 2 aliphatic rings. The Hall–Kier alpha value is -2.38. The van der Waals surface area contributed by atoms with Crippen LogP contribution < -0.4 is 4.74 Å². The number of fused-ring (bicyclic) bond motifs is 1. The average Bonchev–Trinajstić information content (AvgIpc) is 2.89. The summed E-state index contributed by atoms with van der Waals surface area (Å²) in [5.41, 5.74) is 3.61. The van der Waals surface area contributed by atoms with Crippen molar-refractivity contribution in [3.63, 3.8) is 0 Å². The van der Waals surface area contributed by atoms with E-state index in [1.165, 1.54) is 6.07 Å². The van der Waals surface area contributed by atoms with Crippen molar-refractivity contribution in [2.24, 2.45) is 0 Å². The Morgan fingerprint density at radius 1 is 1.32 bits per heavy atom. The molecule has 3 rings (SSSR count). The maximum absolute atomic E-state index is 12.6. The van der Waals surface area contributed by atoms with Crippen LogP contribution in [0.2, 0.25) is 0 Å². The van der Waals surface area contributed by atoms with Crippen LogP contribution in [0.4, 0.5) is 13.2 Å². The van der Waals surface area contributed by atoms with Gasteiger partial charge in [0.2, 0.25) is 0 Å². The summed E-state index contributed by atoms with van der Waals surface area (Å²) in [5, 5.41) is 8.89. The van der Waals surface area contributed by atoms with Crippen LogP contribution >= 0.6 is 0 Å². The van der Waals surface area contributed by atoms with E-state index < -0.39 is 6.36 Å². The summed E-state index contributed by atoms with van der Waals surface area (Å²) >= 11 is 0. The van der Waals surface area contributed by atoms with Crippen molar-refractivity contribution in [2.75, 3.05) is 0 Å². The van der Waals surface area contributed by atoms with Gasteiger partial charge in [-0.25, -0.2) is 0 Å². The van der Waals surface area contributed by atoms with Crippen LogP contribution in [0.3, 0.4) is 0 Å². The standard InChI is InChI=1S/C16H13F3N2O/c17-16(18,19)22-15-9-11(10-20)4-6-13(15)14-7-5-12-3-1-2-8-21(12)14/h1,4,6,8-9,12,14H,3,5,7H2. The lowest BCUT2D eigenvalue weighted by atomic mass is 10.0. The first kappa shape index (κ1) is 14.6. The Morgan fingerprint density at radius 2 is 2.14 bits per heavy atom. The Kier molecular flexibility index (Phi) is 3.59. The SMILES string of the molecule is N#Cc1ccc(C2CCC3CC=C=CN32)c(OC(F)(F)F)c1.